The van der Waals surface area contributed by atoms with Gasteiger partial charge in [-0.1, -0.05) is 13.8 Å². The van der Waals surface area contributed by atoms with Gasteiger partial charge in [-0.05, 0) is 39.5 Å². The van der Waals surface area contributed by atoms with E-state index in [0.717, 1.165) is 5.56 Å². The van der Waals surface area contributed by atoms with Crippen LogP contribution in [-0.2, 0) is 0 Å². The molecular weight excluding hydrogens is 237 g/mol. The van der Waals surface area contributed by atoms with Gasteiger partial charge in [0, 0.05) is 0 Å². The molecule has 0 bridgehead atoms. The number of rotatable bonds is 2. The summed E-state index contributed by atoms with van der Waals surface area (Å²) in [5.74, 6) is -0.141. The average Bonchev–Trinajstić information content (AvgIpc) is 2.09. The van der Waals surface area contributed by atoms with Gasteiger partial charge in [-0.3, -0.25) is 10.7 Å². The highest BCUT2D eigenvalue weighted by atomic mass is 79.9. The predicted molar refractivity (Wildman–Crippen MR) is 53.6 cm³/mol. The molecule has 0 saturated heterocycles. The van der Waals surface area contributed by atoms with E-state index in [1.165, 1.54) is 6.07 Å². The molecule has 0 amide bonds. The first-order valence-electron chi connectivity index (χ1n) is 3.95. The summed E-state index contributed by atoms with van der Waals surface area (Å²) in [6.07, 6.45) is 0. The van der Waals surface area contributed by atoms with Gasteiger partial charge in [0.25, 0.3) is 0 Å². The highest BCUT2D eigenvalue weighted by molar-refractivity contribution is 9.10. The van der Waals surface area contributed by atoms with Crippen LogP contribution in [0.4, 0.5) is 10.1 Å². The lowest BCUT2D eigenvalue weighted by molar-refractivity contribution is 0.387. The minimum Gasteiger partial charge on any atom is -0.291 e. The predicted octanol–water partition coefficient (Wildman–Crippen LogP) is 3.51. The maximum Gasteiger partial charge on any atom is 0.139 e. The number of halogens is 2. The molecular formula is C9H11BrFNO. The summed E-state index contributed by atoms with van der Waals surface area (Å²) in [6.45, 7) is 3.92. The van der Waals surface area contributed by atoms with Crippen molar-refractivity contribution in [1.29, 1.82) is 0 Å². The average molecular weight is 248 g/mol. The molecule has 1 aromatic carbocycles. The molecule has 13 heavy (non-hydrogen) atoms. The molecule has 4 heteroatoms. The second kappa shape index (κ2) is 4.07. The second-order valence-corrected chi connectivity index (χ2v) is 3.92. The normalized spacial score (nSPS) is 10.6. The quantitative estimate of drug-likeness (QED) is 0.785. The number of hydrogen-bond donors (Lipinski definition) is 2. The molecule has 0 aliphatic heterocycles. The van der Waals surface area contributed by atoms with Crippen molar-refractivity contribution < 1.29 is 9.60 Å². The Morgan fingerprint density at radius 2 is 2.08 bits per heavy atom. The minimum atomic E-state index is -0.372. The lowest BCUT2D eigenvalue weighted by Gasteiger charge is -2.10. The van der Waals surface area contributed by atoms with Gasteiger partial charge >= 0.3 is 0 Å². The van der Waals surface area contributed by atoms with Crippen LogP contribution in [0.3, 0.4) is 0 Å². The van der Waals surface area contributed by atoms with Crippen molar-refractivity contribution in [2.75, 3.05) is 5.48 Å². The molecule has 2 nitrogen and oxygen atoms in total. The third kappa shape index (κ3) is 2.19. The summed E-state index contributed by atoms with van der Waals surface area (Å²) in [6, 6.07) is 3.16. The van der Waals surface area contributed by atoms with E-state index in [1.807, 2.05) is 19.3 Å². The Labute approximate surface area is 84.9 Å². The summed E-state index contributed by atoms with van der Waals surface area (Å²) in [4.78, 5) is 0. The van der Waals surface area contributed by atoms with E-state index >= 15 is 0 Å². The summed E-state index contributed by atoms with van der Waals surface area (Å²) < 4.78 is 13.4. The number of hydrogen-bond acceptors (Lipinski definition) is 2. The van der Waals surface area contributed by atoms with Gasteiger partial charge in [0.1, 0.15) is 5.82 Å². The molecule has 0 saturated carbocycles. The first-order chi connectivity index (χ1) is 6.06. The van der Waals surface area contributed by atoms with E-state index in [4.69, 9.17) is 5.21 Å². The number of nitrogens with one attached hydrogen (secondary N) is 1. The number of anilines is 1. The second-order valence-electron chi connectivity index (χ2n) is 3.13. The molecule has 1 rings (SSSR count). The molecule has 0 spiro atoms. The van der Waals surface area contributed by atoms with Gasteiger partial charge in [0.15, 0.2) is 0 Å². The Morgan fingerprint density at radius 3 is 2.54 bits per heavy atom. The van der Waals surface area contributed by atoms with Crippen LogP contribution in [-0.4, -0.2) is 5.21 Å². The van der Waals surface area contributed by atoms with E-state index in [-0.39, 0.29) is 16.2 Å². The fourth-order valence-electron chi connectivity index (χ4n) is 1.02. The van der Waals surface area contributed by atoms with Gasteiger partial charge in [0.05, 0.1) is 10.2 Å². The summed E-state index contributed by atoms with van der Waals surface area (Å²) >= 11 is 3.03. The maximum absolute atomic E-state index is 13.2. The molecule has 2 N–H and O–H groups in total. The van der Waals surface area contributed by atoms with Crippen molar-refractivity contribution >= 4 is 21.6 Å². The fourth-order valence-corrected chi connectivity index (χ4v) is 1.34. The van der Waals surface area contributed by atoms with Crippen LogP contribution in [0.5, 0.6) is 0 Å². The molecule has 0 atom stereocenters. The molecule has 0 aliphatic carbocycles. The van der Waals surface area contributed by atoms with Crippen LogP contribution in [0.2, 0.25) is 0 Å². The topological polar surface area (TPSA) is 32.3 Å². The highest BCUT2D eigenvalue weighted by Gasteiger charge is 2.09. The maximum atomic E-state index is 13.2. The van der Waals surface area contributed by atoms with E-state index in [9.17, 15) is 4.39 Å². The molecule has 0 aromatic heterocycles. The zero-order chi connectivity index (χ0) is 10.0. The van der Waals surface area contributed by atoms with Gasteiger partial charge in [-0.25, -0.2) is 4.39 Å². The van der Waals surface area contributed by atoms with Crippen molar-refractivity contribution in [3.8, 4) is 0 Å². The van der Waals surface area contributed by atoms with Crippen LogP contribution in [0.25, 0.3) is 0 Å². The van der Waals surface area contributed by atoms with Crippen LogP contribution >= 0.6 is 15.9 Å². The Hall–Kier alpha value is -0.610. The molecule has 0 aliphatic rings. The molecule has 0 fully saturated rings. The van der Waals surface area contributed by atoms with Gasteiger partial charge in [-0.15, -0.1) is 0 Å². The monoisotopic (exact) mass is 247 g/mol. The third-order valence-corrected chi connectivity index (χ3v) is 2.64. The smallest absolute Gasteiger partial charge is 0.139 e. The Bertz CT molecular complexity index is 315. The first-order valence-corrected chi connectivity index (χ1v) is 4.74. The molecule has 0 heterocycles. The highest BCUT2D eigenvalue weighted by Crippen LogP contribution is 2.29. The minimum absolute atomic E-state index is 0.231. The molecule has 0 radical (unpaired) electrons. The van der Waals surface area contributed by atoms with Crippen molar-refractivity contribution in [2.45, 2.75) is 19.8 Å². The Kier molecular flexibility index (Phi) is 3.27. The standard InChI is InChI=1S/C9H11BrFNO/c1-5(2)6-3-7(11)9(10)8(4-6)12-13/h3-5,12-13H,1-2H3. The summed E-state index contributed by atoms with van der Waals surface area (Å²) in [5.41, 5.74) is 3.14. The molecule has 1 aromatic rings. The summed E-state index contributed by atoms with van der Waals surface area (Å²) in [7, 11) is 0. The van der Waals surface area contributed by atoms with Crippen molar-refractivity contribution in [1.82, 2.24) is 0 Å². The third-order valence-electron chi connectivity index (χ3n) is 1.84. The van der Waals surface area contributed by atoms with Crippen LogP contribution in [0.1, 0.15) is 25.3 Å². The Morgan fingerprint density at radius 1 is 1.46 bits per heavy atom. The van der Waals surface area contributed by atoms with Crippen molar-refractivity contribution in [3.63, 3.8) is 0 Å². The largest absolute Gasteiger partial charge is 0.291 e. The lowest BCUT2D eigenvalue weighted by atomic mass is 10.0. The van der Waals surface area contributed by atoms with E-state index in [1.54, 1.807) is 6.07 Å². The van der Waals surface area contributed by atoms with E-state index in [0.29, 0.717) is 5.69 Å². The van der Waals surface area contributed by atoms with Crippen LogP contribution in [0.15, 0.2) is 16.6 Å². The van der Waals surface area contributed by atoms with Crippen molar-refractivity contribution in [3.05, 3.63) is 28.0 Å². The molecule has 0 unspecified atom stereocenters. The summed E-state index contributed by atoms with van der Waals surface area (Å²) in [5, 5.41) is 8.70. The van der Waals surface area contributed by atoms with Gasteiger partial charge in [-0.2, -0.15) is 0 Å². The first kappa shape index (κ1) is 10.5. The van der Waals surface area contributed by atoms with E-state index in [2.05, 4.69) is 15.9 Å². The zero-order valence-electron chi connectivity index (χ0n) is 7.44. The van der Waals surface area contributed by atoms with Gasteiger partial charge in [0.2, 0.25) is 0 Å². The SMILES string of the molecule is CC(C)c1cc(F)c(Br)c(NO)c1. The van der Waals surface area contributed by atoms with Crippen molar-refractivity contribution in [2.24, 2.45) is 0 Å². The van der Waals surface area contributed by atoms with Crippen LogP contribution in [0, 0.1) is 5.82 Å². The fraction of sp³-hybridized carbons (Fsp3) is 0.333. The Balaban J connectivity index is 3.22. The van der Waals surface area contributed by atoms with E-state index < -0.39 is 0 Å². The molecule has 72 valence electrons. The lowest BCUT2D eigenvalue weighted by Crippen LogP contribution is -1.97. The number of benzene rings is 1. The van der Waals surface area contributed by atoms with Crippen LogP contribution < -0.4 is 5.48 Å². The van der Waals surface area contributed by atoms with Gasteiger partial charge < -0.3 is 0 Å². The zero-order valence-corrected chi connectivity index (χ0v) is 9.02.